The van der Waals surface area contributed by atoms with Gasteiger partial charge in [0, 0.05) is 30.7 Å². The lowest BCUT2D eigenvalue weighted by atomic mass is 9.77. The van der Waals surface area contributed by atoms with Gasteiger partial charge in [-0.05, 0) is 62.3 Å². The fourth-order valence-corrected chi connectivity index (χ4v) is 5.87. The van der Waals surface area contributed by atoms with E-state index < -0.39 is 0 Å². The minimum absolute atomic E-state index is 0.0622. The smallest absolute Gasteiger partial charge is 0.255 e. The summed E-state index contributed by atoms with van der Waals surface area (Å²) in [4.78, 5) is 15.9. The van der Waals surface area contributed by atoms with Crippen molar-refractivity contribution >= 4 is 5.91 Å². The molecular formula is C26H33N3O2. The molecule has 2 saturated heterocycles. The van der Waals surface area contributed by atoms with E-state index in [1.54, 1.807) is 7.11 Å². The van der Waals surface area contributed by atoms with Gasteiger partial charge in [-0.25, -0.2) is 0 Å². The van der Waals surface area contributed by atoms with E-state index in [4.69, 9.17) is 4.74 Å². The van der Waals surface area contributed by atoms with Crippen LogP contribution >= 0.6 is 0 Å². The summed E-state index contributed by atoms with van der Waals surface area (Å²) in [5.41, 5.74) is 4.31. The van der Waals surface area contributed by atoms with Gasteiger partial charge in [-0.3, -0.25) is 9.69 Å². The van der Waals surface area contributed by atoms with Crippen LogP contribution in [0.3, 0.4) is 0 Å². The van der Waals surface area contributed by atoms with Crippen LogP contribution in [0.5, 0.6) is 5.75 Å². The van der Waals surface area contributed by atoms with Crippen molar-refractivity contribution in [2.24, 2.45) is 5.92 Å². The quantitative estimate of drug-likeness (QED) is 0.790. The summed E-state index contributed by atoms with van der Waals surface area (Å²) in [6.07, 6.45) is 4.73. The third-order valence-corrected chi connectivity index (χ3v) is 7.50. The Balaban J connectivity index is 1.44. The van der Waals surface area contributed by atoms with Crippen molar-refractivity contribution in [3.05, 3.63) is 64.7 Å². The number of carbonyl (C=O) groups is 1. The van der Waals surface area contributed by atoms with Crippen LogP contribution in [0.1, 0.15) is 65.3 Å². The van der Waals surface area contributed by atoms with Crippen LogP contribution < -0.4 is 15.4 Å². The average molecular weight is 420 g/mol. The zero-order valence-corrected chi connectivity index (χ0v) is 18.6. The first-order valence-corrected chi connectivity index (χ1v) is 11.7. The first-order valence-electron chi connectivity index (χ1n) is 11.7. The molecule has 5 heteroatoms. The highest BCUT2D eigenvalue weighted by molar-refractivity contribution is 5.98. The van der Waals surface area contributed by atoms with E-state index >= 15 is 0 Å². The molecule has 0 saturated carbocycles. The molecule has 0 unspecified atom stereocenters. The van der Waals surface area contributed by atoms with E-state index in [2.05, 4.69) is 21.6 Å². The molecule has 164 valence electrons. The van der Waals surface area contributed by atoms with Gasteiger partial charge in [-0.1, -0.05) is 36.4 Å². The molecule has 5 nitrogen and oxygen atoms in total. The van der Waals surface area contributed by atoms with Gasteiger partial charge in [-0.15, -0.1) is 0 Å². The van der Waals surface area contributed by atoms with Gasteiger partial charge in [0.1, 0.15) is 5.75 Å². The number of amides is 1. The highest BCUT2D eigenvalue weighted by Gasteiger charge is 2.41. The summed E-state index contributed by atoms with van der Waals surface area (Å²) in [6, 6.07) is 15.0. The van der Waals surface area contributed by atoms with E-state index in [1.165, 1.54) is 24.0 Å². The number of ether oxygens (including phenoxy) is 1. The van der Waals surface area contributed by atoms with Crippen LogP contribution in [-0.2, 0) is 6.42 Å². The van der Waals surface area contributed by atoms with Crippen LogP contribution in [-0.4, -0.2) is 43.6 Å². The number of hydrogen-bond acceptors (Lipinski definition) is 4. The second kappa shape index (κ2) is 8.64. The lowest BCUT2D eigenvalue weighted by Gasteiger charge is -2.49. The number of fused-ring (bicyclic) bond motifs is 4. The second-order valence-corrected chi connectivity index (χ2v) is 9.28. The molecule has 1 amide bonds. The topological polar surface area (TPSA) is 53.6 Å². The van der Waals surface area contributed by atoms with Crippen molar-refractivity contribution in [3.8, 4) is 5.75 Å². The van der Waals surface area contributed by atoms with Crippen LogP contribution in [0.2, 0.25) is 0 Å². The second-order valence-electron chi connectivity index (χ2n) is 9.28. The van der Waals surface area contributed by atoms with E-state index in [0.717, 1.165) is 49.7 Å². The summed E-state index contributed by atoms with van der Waals surface area (Å²) < 4.78 is 5.93. The van der Waals surface area contributed by atoms with Crippen LogP contribution in [0.15, 0.2) is 42.5 Å². The maximum Gasteiger partial charge on any atom is 0.255 e. The molecular weight excluding hydrogens is 386 g/mol. The van der Waals surface area contributed by atoms with E-state index in [1.807, 2.05) is 43.3 Å². The Morgan fingerprint density at radius 3 is 2.87 bits per heavy atom. The van der Waals surface area contributed by atoms with E-state index in [9.17, 15) is 4.79 Å². The number of carbonyl (C=O) groups excluding carboxylic acids is 1. The molecule has 0 spiro atoms. The first-order chi connectivity index (χ1) is 15.2. The Morgan fingerprint density at radius 2 is 2.06 bits per heavy atom. The van der Waals surface area contributed by atoms with Gasteiger partial charge >= 0.3 is 0 Å². The molecule has 0 bridgehead atoms. The maximum absolute atomic E-state index is 13.3. The summed E-state index contributed by atoms with van der Waals surface area (Å²) in [5.74, 6) is 1.44. The standard InChI is InChI=1S/C26H33N3O2/c1-17(18-7-4-3-5-8-18)28-26(30)21-11-10-19-12-14-29-16-20-9-6-13-27-22(20)15-23(29)24(19)25(21)31-2/h3-5,7-8,10-11,17,20,22-23,27H,6,9,12-16H2,1-2H3,(H,28,30)/t17-,20-,22+,23-/m1/s1. The SMILES string of the molecule is COc1c(C(=O)N[C@H](C)c2ccccc2)ccc2c1[C@H]1C[C@@H]3NCCC[C@@H]3CN1CC2. The zero-order valence-electron chi connectivity index (χ0n) is 18.6. The van der Waals surface area contributed by atoms with Gasteiger partial charge in [0.25, 0.3) is 5.91 Å². The van der Waals surface area contributed by atoms with Crippen molar-refractivity contribution in [1.82, 2.24) is 15.5 Å². The molecule has 2 N–H and O–H groups in total. The van der Waals surface area contributed by atoms with E-state index in [0.29, 0.717) is 17.6 Å². The van der Waals surface area contributed by atoms with Crippen LogP contribution in [0, 0.1) is 5.92 Å². The van der Waals surface area contributed by atoms with Crippen molar-refractivity contribution in [1.29, 1.82) is 0 Å². The molecule has 31 heavy (non-hydrogen) atoms. The zero-order chi connectivity index (χ0) is 21.4. The molecule has 4 atom stereocenters. The van der Waals surface area contributed by atoms with Gasteiger partial charge in [-0.2, -0.15) is 0 Å². The third-order valence-electron chi connectivity index (χ3n) is 7.50. The molecule has 3 heterocycles. The van der Waals surface area contributed by atoms with Crippen LogP contribution in [0.25, 0.3) is 0 Å². The van der Waals surface area contributed by atoms with Crippen molar-refractivity contribution in [3.63, 3.8) is 0 Å². The van der Waals surface area contributed by atoms with E-state index in [-0.39, 0.29) is 11.9 Å². The predicted octanol–water partition coefficient (Wildman–Crippen LogP) is 3.86. The Morgan fingerprint density at radius 1 is 1.23 bits per heavy atom. The lowest BCUT2D eigenvalue weighted by Crippen LogP contribution is -2.54. The number of methoxy groups -OCH3 is 1. The number of piperidine rings is 2. The van der Waals surface area contributed by atoms with Crippen LogP contribution in [0.4, 0.5) is 0 Å². The average Bonchev–Trinajstić information content (AvgIpc) is 2.82. The number of benzene rings is 2. The molecule has 0 aliphatic carbocycles. The number of hydrogen-bond donors (Lipinski definition) is 2. The van der Waals surface area contributed by atoms with Gasteiger partial charge in [0.2, 0.25) is 0 Å². The highest BCUT2D eigenvalue weighted by Crippen LogP contribution is 2.45. The normalized spacial score (nSPS) is 26.2. The number of nitrogens with one attached hydrogen (secondary N) is 2. The molecule has 3 aliphatic rings. The maximum atomic E-state index is 13.3. The number of nitrogens with zero attached hydrogens (tertiary/aromatic N) is 1. The van der Waals surface area contributed by atoms with Gasteiger partial charge in [0.15, 0.2) is 0 Å². The van der Waals surface area contributed by atoms with Crippen molar-refractivity contribution < 1.29 is 9.53 Å². The monoisotopic (exact) mass is 419 g/mol. The largest absolute Gasteiger partial charge is 0.496 e. The fraction of sp³-hybridized carbons (Fsp3) is 0.500. The fourth-order valence-electron chi connectivity index (χ4n) is 5.87. The van der Waals surface area contributed by atoms with Crippen molar-refractivity contribution in [2.45, 2.75) is 50.7 Å². The number of rotatable bonds is 4. The summed E-state index contributed by atoms with van der Waals surface area (Å²) >= 11 is 0. The molecule has 3 aliphatic heterocycles. The van der Waals surface area contributed by atoms with Gasteiger partial charge < -0.3 is 15.4 Å². The Hall–Kier alpha value is -2.37. The minimum Gasteiger partial charge on any atom is -0.496 e. The Kier molecular flexibility index (Phi) is 5.72. The third kappa shape index (κ3) is 3.85. The lowest BCUT2D eigenvalue weighted by molar-refractivity contribution is 0.0537. The molecule has 2 fully saturated rings. The first kappa shape index (κ1) is 20.5. The molecule has 0 radical (unpaired) electrons. The Labute approximate surface area is 185 Å². The molecule has 0 aromatic heterocycles. The molecule has 5 rings (SSSR count). The van der Waals surface area contributed by atoms with Gasteiger partial charge in [0.05, 0.1) is 18.7 Å². The predicted molar refractivity (Wildman–Crippen MR) is 122 cm³/mol. The minimum atomic E-state index is -0.0717. The Bertz CT molecular complexity index is 945. The molecule has 2 aromatic rings. The van der Waals surface area contributed by atoms with Crippen molar-refractivity contribution in [2.75, 3.05) is 26.7 Å². The highest BCUT2D eigenvalue weighted by atomic mass is 16.5. The summed E-state index contributed by atoms with van der Waals surface area (Å²) in [7, 11) is 1.70. The summed E-state index contributed by atoms with van der Waals surface area (Å²) in [6.45, 7) is 5.39. The molecule has 2 aromatic carbocycles. The summed E-state index contributed by atoms with van der Waals surface area (Å²) in [5, 5.41) is 6.92.